The van der Waals surface area contributed by atoms with E-state index in [4.69, 9.17) is 10.9 Å². The highest BCUT2D eigenvalue weighted by atomic mass is 32.2. The van der Waals surface area contributed by atoms with E-state index in [2.05, 4.69) is 34.1 Å². The summed E-state index contributed by atoms with van der Waals surface area (Å²) in [6.07, 6.45) is 13.8. The Morgan fingerprint density at radius 2 is 2.05 bits per heavy atom. The molecule has 2 fully saturated rings. The zero-order valence-corrected chi connectivity index (χ0v) is 13.7. The van der Waals surface area contributed by atoms with Crippen LogP contribution in [0.5, 0.6) is 0 Å². The fourth-order valence-electron chi connectivity index (χ4n) is 3.64. The normalized spacial score (nSPS) is 25.9. The summed E-state index contributed by atoms with van der Waals surface area (Å²) >= 11 is 2.07. The molecule has 0 spiro atoms. The second-order valence-electron chi connectivity index (χ2n) is 6.46. The van der Waals surface area contributed by atoms with Gasteiger partial charge in [0.2, 0.25) is 0 Å². The molecule has 4 nitrogen and oxygen atoms in total. The molecule has 3 rings (SSSR count). The van der Waals surface area contributed by atoms with E-state index in [1.54, 1.807) is 0 Å². The minimum atomic E-state index is 0.352. The van der Waals surface area contributed by atoms with Gasteiger partial charge in [0.15, 0.2) is 0 Å². The Kier molecular flexibility index (Phi) is 5.61. The first kappa shape index (κ1) is 15.4. The number of nitrogens with zero attached hydrogens (tertiary/aromatic N) is 2. The molecule has 0 radical (unpaired) electrons. The first-order valence-electron chi connectivity index (χ1n) is 8.48. The van der Waals surface area contributed by atoms with Gasteiger partial charge in [-0.15, -0.1) is 0 Å². The summed E-state index contributed by atoms with van der Waals surface area (Å²) in [7, 11) is 0. The lowest BCUT2D eigenvalue weighted by Gasteiger charge is -2.28. The fourth-order valence-corrected chi connectivity index (χ4v) is 5.06. The smallest absolute Gasteiger partial charge is 0.0641 e. The standard InChI is InChI=1S/C16H28N4S/c17-18-15(16-8-4-5-11-21-16)12-13-9-10-20(19-13)14-6-2-1-3-7-14/h9-10,14-16,18H,1-8,11-12,17H2. The van der Waals surface area contributed by atoms with Crippen molar-refractivity contribution in [2.75, 3.05) is 5.75 Å². The molecule has 2 aliphatic rings. The molecular formula is C16H28N4S. The third-order valence-corrected chi connectivity index (χ3v) is 6.44. The van der Waals surface area contributed by atoms with Crippen molar-refractivity contribution in [2.45, 2.75) is 75.1 Å². The molecule has 21 heavy (non-hydrogen) atoms. The topological polar surface area (TPSA) is 55.9 Å². The van der Waals surface area contributed by atoms with Crippen LogP contribution in [0.2, 0.25) is 0 Å². The number of nitrogens with two attached hydrogens (primary N) is 1. The Bertz CT molecular complexity index is 422. The van der Waals surface area contributed by atoms with Crippen LogP contribution in [0.1, 0.15) is 63.1 Å². The SMILES string of the molecule is NNC(Cc1ccn(C2CCCCC2)n1)C1CCCCS1. The summed E-state index contributed by atoms with van der Waals surface area (Å²) in [5, 5.41) is 5.47. The van der Waals surface area contributed by atoms with Crippen LogP contribution in [0.25, 0.3) is 0 Å². The number of nitrogens with one attached hydrogen (secondary N) is 1. The zero-order valence-electron chi connectivity index (χ0n) is 12.8. The molecule has 2 heterocycles. The van der Waals surface area contributed by atoms with E-state index in [1.807, 2.05) is 0 Å². The summed E-state index contributed by atoms with van der Waals surface area (Å²) in [5.41, 5.74) is 4.23. The number of thioether (sulfide) groups is 1. The second kappa shape index (κ2) is 7.65. The van der Waals surface area contributed by atoms with Gasteiger partial charge in [0, 0.05) is 23.9 Å². The highest BCUT2D eigenvalue weighted by Crippen LogP contribution is 2.30. The Morgan fingerprint density at radius 3 is 2.76 bits per heavy atom. The molecule has 2 atom stereocenters. The lowest BCUT2D eigenvalue weighted by Crippen LogP contribution is -2.45. The molecule has 1 aromatic rings. The maximum atomic E-state index is 5.80. The molecule has 1 aliphatic heterocycles. The van der Waals surface area contributed by atoms with Crippen LogP contribution >= 0.6 is 11.8 Å². The van der Waals surface area contributed by atoms with Crippen LogP contribution < -0.4 is 11.3 Å². The van der Waals surface area contributed by atoms with Gasteiger partial charge in [0.25, 0.3) is 0 Å². The predicted octanol–water partition coefficient (Wildman–Crippen LogP) is 3.05. The first-order chi connectivity index (χ1) is 10.4. The molecule has 1 saturated carbocycles. The predicted molar refractivity (Wildman–Crippen MR) is 89.3 cm³/mol. The maximum Gasteiger partial charge on any atom is 0.0641 e. The molecule has 1 aliphatic carbocycles. The van der Waals surface area contributed by atoms with Gasteiger partial charge in [-0.1, -0.05) is 25.7 Å². The third kappa shape index (κ3) is 4.02. The van der Waals surface area contributed by atoms with Gasteiger partial charge in [0.1, 0.15) is 0 Å². The molecule has 0 aromatic carbocycles. The number of hydrogen-bond donors (Lipinski definition) is 2. The molecule has 5 heteroatoms. The molecule has 1 aromatic heterocycles. The van der Waals surface area contributed by atoms with E-state index >= 15 is 0 Å². The molecule has 2 unspecified atom stereocenters. The van der Waals surface area contributed by atoms with Gasteiger partial charge in [-0.05, 0) is 37.5 Å². The van der Waals surface area contributed by atoms with E-state index in [0.717, 1.165) is 6.42 Å². The van der Waals surface area contributed by atoms with Crippen LogP contribution in [-0.2, 0) is 6.42 Å². The van der Waals surface area contributed by atoms with Crippen molar-refractivity contribution < 1.29 is 0 Å². The molecule has 0 amide bonds. The summed E-state index contributed by atoms with van der Waals surface area (Å²) < 4.78 is 2.20. The molecular weight excluding hydrogens is 280 g/mol. The average Bonchev–Trinajstić information content (AvgIpc) is 3.03. The lowest BCUT2D eigenvalue weighted by molar-refractivity contribution is 0.327. The van der Waals surface area contributed by atoms with Crippen molar-refractivity contribution >= 4 is 11.8 Å². The van der Waals surface area contributed by atoms with Crippen molar-refractivity contribution in [1.29, 1.82) is 0 Å². The van der Waals surface area contributed by atoms with Gasteiger partial charge in [-0.25, -0.2) is 0 Å². The average molecular weight is 308 g/mol. The van der Waals surface area contributed by atoms with E-state index < -0.39 is 0 Å². The van der Waals surface area contributed by atoms with Crippen molar-refractivity contribution in [3.8, 4) is 0 Å². The summed E-state index contributed by atoms with van der Waals surface area (Å²) in [6, 6.07) is 3.16. The lowest BCUT2D eigenvalue weighted by atomic mass is 9.96. The minimum Gasteiger partial charge on any atom is -0.271 e. The summed E-state index contributed by atoms with van der Waals surface area (Å²) in [4.78, 5) is 0. The van der Waals surface area contributed by atoms with E-state index in [-0.39, 0.29) is 0 Å². The van der Waals surface area contributed by atoms with Gasteiger partial charge in [-0.3, -0.25) is 16.0 Å². The Balaban J connectivity index is 1.59. The number of aromatic nitrogens is 2. The van der Waals surface area contributed by atoms with Crippen molar-refractivity contribution in [3.63, 3.8) is 0 Å². The second-order valence-corrected chi connectivity index (χ2v) is 7.81. The zero-order chi connectivity index (χ0) is 14.5. The van der Waals surface area contributed by atoms with Crippen LogP contribution in [0.15, 0.2) is 12.3 Å². The van der Waals surface area contributed by atoms with Crippen LogP contribution in [0.4, 0.5) is 0 Å². The number of hydrazine groups is 1. The van der Waals surface area contributed by atoms with Crippen molar-refractivity contribution in [2.24, 2.45) is 5.84 Å². The fraction of sp³-hybridized carbons (Fsp3) is 0.812. The molecule has 118 valence electrons. The van der Waals surface area contributed by atoms with Gasteiger partial charge < -0.3 is 0 Å². The van der Waals surface area contributed by atoms with Crippen molar-refractivity contribution in [1.82, 2.24) is 15.2 Å². The van der Waals surface area contributed by atoms with E-state index in [1.165, 1.54) is 62.8 Å². The third-order valence-electron chi connectivity index (χ3n) is 4.92. The van der Waals surface area contributed by atoms with Crippen molar-refractivity contribution in [3.05, 3.63) is 18.0 Å². The van der Waals surface area contributed by atoms with E-state index in [9.17, 15) is 0 Å². The number of rotatable bonds is 5. The maximum absolute atomic E-state index is 5.80. The first-order valence-corrected chi connectivity index (χ1v) is 9.53. The molecule has 3 N–H and O–H groups in total. The van der Waals surface area contributed by atoms with Gasteiger partial charge in [0.05, 0.1) is 11.7 Å². The minimum absolute atomic E-state index is 0.352. The Labute approximate surface area is 132 Å². The Morgan fingerprint density at radius 1 is 1.24 bits per heavy atom. The summed E-state index contributed by atoms with van der Waals surface area (Å²) in [6.45, 7) is 0. The van der Waals surface area contributed by atoms with Gasteiger partial charge >= 0.3 is 0 Å². The Hall–Kier alpha value is -0.520. The molecule has 1 saturated heterocycles. The number of hydrogen-bond acceptors (Lipinski definition) is 4. The summed E-state index contributed by atoms with van der Waals surface area (Å²) in [5.74, 6) is 7.08. The highest BCUT2D eigenvalue weighted by Gasteiger charge is 2.24. The van der Waals surface area contributed by atoms with Crippen LogP contribution in [0.3, 0.4) is 0 Å². The van der Waals surface area contributed by atoms with Gasteiger partial charge in [-0.2, -0.15) is 16.9 Å². The molecule has 0 bridgehead atoms. The quantitative estimate of drug-likeness (QED) is 0.648. The van der Waals surface area contributed by atoms with Crippen LogP contribution in [0, 0.1) is 0 Å². The monoisotopic (exact) mass is 308 g/mol. The van der Waals surface area contributed by atoms with Crippen LogP contribution in [-0.4, -0.2) is 26.8 Å². The largest absolute Gasteiger partial charge is 0.271 e. The highest BCUT2D eigenvalue weighted by molar-refractivity contribution is 8.00. The van der Waals surface area contributed by atoms with E-state index in [0.29, 0.717) is 17.3 Å².